The van der Waals surface area contributed by atoms with Gasteiger partial charge in [0, 0.05) is 12.6 Å². The smallest absolute Gasteiger partial charge is 0.243 e. The van der Waals surface area contributed by atoms with Crippen LogP contribution in [-0.2, 0) is 25.4 Å². The topological polar surface area (TPSA) is 122 Å². The van der Waals surface area contributed by atoms with Crippen LogP contribution in [-0.4, -0.2) is 57.8 Å². The molecule has 0 radical (unpaired) electrons. The molecular weight excluding hydrogens is 464 g/mol. The molecule has 1 saturated heterocycles. The third kappa shape index (κ3) is 22.5. The van der Waals surface area contributed by atoms with E-state index in [1.807, 2.05) is 0 Å². The van der Waals surface area contributed by atoms with Gasteiger partial charge in [0.05, 0.1) is 11.8 Å². The van der Waals surface area contributed by atoms with E-state index < -0.39 is 11.0 Å². The minimum Gasteiger partial charge on any atom is -0.352 e. The summed E-state index contributed by atoms with van der Waals surface area (Å²) >= 11 is 0. The van der Waals surface area contributed by atoms with Crippen LogP contribution in [0.2, 0.25) is 0 Å². The summed E-state index contributed by atoms with van der Waals surface area (Å²) in [7, 11) is -1.08. The van der Waals surface area contributed by atoms with Gasteiger partial charge in [-0.2, -0.15) is 0 Å². The molecule has 1 aliphatic heterocycles. The minimum atomic E-state index is -1.08. The number of rotatable bonds is 6. The third-order valence-corrected chi connectivity index (χ3v) is 5.37. The summed E-state index contributed by atoms with van der Waals surface area (Å²) in [4.78, 5) is 34.5. The van der Waals surface area contributed by atoms with Crippen molar-refractivity contribution in [3.8, 4) is 38.5 Å². The van der Waals surface area contributed by atoms with E-state index in [0.717, 1.165) is 44.4 Å². The van der Waals surface area contributed by atoms with Crippen molar-refractivity contribution < 1.29 is 18.6 Å². The van der Waals surface area contributed by atoms with E-state index in [4.69, 9.17) is 5.73 Å². The lowest BCUT2D eigenvalue weighted by molar-refractivity contribution is -0.137. The lowest BCUT2D eigenvalue weighted by Crippen LogP contribution is -2.48. The highest BCUT2D eigenvalue weighted by Gasteiger charge is 2.35. The number of terminal acetylenes is 3. The van der Waals surface area contributed by atoms with Crippen molar-refractivity contribution in [2.75, 3.05) is 13.1 Å². The summed E-state index contributed by atoms with van der Waals surface area (Å²) < 4.78 is 12.8. The van der Waals surface area contributed by atoms with Crippen LogP contribution in [0.3, 0.4) is 0 Å². The van der Waals surface area contributed by atoms with Crippen LogP contribution >= 0.6 is 0 Å². The first-order valence-corrected chi connectivity index (χ1v) is 12.4. The lowest BCUT2D eigenvalue weighted by Gasteiger charge is -2.23. The van der Waals surface area contributed by atoms with Gasteiger partial charge >= 0.3 is 0 Å². The number of hydrogen-bond acceptors (Lipinski definition) is 5. The Kier molecular flexibility index (Phi) is 30.4. The van der Waals surface area contributed by atoms with Crippen molar-refractivity contribution in [1.29, 1.82) is 0 Å². The molecule has 0 bridgehead atoms. The summed E-state index contributed by atoms with van der Waals surface area (Å²) in [6.07, 6.45) is 30.3. The van der Waals surface area contributed by atoms with E-state index in [2.05, 4.69) is 82.5 Å². The molecule has 2 aliphatic carbocycles. The van der Waals surface area contributed by atoms with Crippen molar-refractivity contribution in [2.45, 2.75) is 76.6 Å². The summed E-state index contributed by atoms with van der Waals surface area (Å²) in [5.74, 6) is 0.709. The Labute approximate surface area is 215 Å². The van der Waals surface area contributed by atoms with Crippen molar-refractivity contribution in [2.24, 2.45) is 11.7 Å². The first-order valence-electron chi connectivity index (χ1n) is 11.2. The first-order chi connectivity index (χ1) is 16.8. The molecule has 0 aromatic rings. The molecule has 2 atom stereocenters. The summed E-state index contributed by atoms with van der Waals surface area (Å²) in [5, 5.41) is 3.18. The third-order valence-electron chi connectivity index (χ3n) is 3.97. The van der Waals surface area contributed by atoms with E-state index in [-0.39, 0.29) is 29.7 Å². The largest absolute Gasteiger partial charge is 0.352 e. The van der Waals surface area contributed by atoms with Crippen LogP contribution in [0.5, 0.6) is 0 Å². The van der Waals surface area contributed by atoms with Gasteiger partial charge in [0.25, 0.3) is 0 Å². The Bertz CT molecular complexity index is 636. The molecule has 35 heavy (non-hydrogen) atoms. The molecule has 0 aromatic heterocycles. The number of amides is 3. The minimum absolute atomic E-state index is 0.00296. The highest BCUT2D eigenvalue weighted by atomic mass is 32.2. The molecule has 1 unspecified atom stereocenters. The van der Waals surface area contributed by atoms with Crippen LogP contribution in [0.1, 0.15) is 59.3 Å². The van der Waals surface area contributed by atoms with Crippen LogP contribution in [0.15, 0.2) is 13.2 Å². The molecule has 8 nitrogen and oxygen atoms in total. The zero-order chi connectivity index (χ0) is 28.4. The lowest BCUT2D eigenvalue weighted by atomic mass is 10.2. The fraction of sp³-hybridized carbons (Fsp3) is 0.577. The molecular formula is C26H44N4O4S. The average molecular weight is 509 g/mol. The summed E-state index contributed by atoms with van der Waals surface area (Å²) in [6.45, 7) is 13.2. The average Bonchev–Trinajstić information content (AvgIpc) is 3.83. The molecule has 3 amide bonds. The second-order valence-corrected chi connectivity index (χ2v) is 9.19. The Balaban J connectivity index is -0.000000204. The number of nitrogens with one attached hydrogen (secondary N) is 2. The fourth-order valence-corrected chi connectivity index (χ4v) is 3.26. The van der Waals surface area contributed by atoms with Gasteiger partial charge in [0.15, 0.2) is 0 Å². The van der Waals surface area contributed by atoms with Crippen molar-refractivity contribution in [3.63, 3.8) is 0 Å². The number of carbonyl (C=O) groups excluding carboxylic acids is 3. The Morgan fingerprint density at radius 3 is 1.83 bits per heavy atom. The standard InChI is InChI=1S/C10H17N3O2.C4H7NO2S.C4H10.C2H4.3C2H2/c11-6-9(14)13-5-1-2-8(13)10(15)12-7-3-4-7;6-3-5-8(7)4-1-2-4;1-4(2)3;4*1-2/h7-8H,1-6,11H2,(H,12,15);3-4H,1-2H2,(H,5,6);4H,1-3H3;1-2H2;3*1-2H/t8-;;;;;;/m0....../s1. The molecule has 0 aromatic carbocycles. The zero-order valence-electron chi connectivity index (χ0n) is 21.5. The van der Waals surface area contributed by atoms with Gasteiger partial charge in [-0.15, -0.1) is 51.7 Å². The van der Waals surface area contributed by atoms with Crippen molar-refractivity contribution >= 4 is 29.2 Å². The Morgan fingerprint density at radius 2 is 1.49 bits per heavy atom. The van der Waals surface area contributed by atoms with Crippen molar-refractivity contribution in [3.05, 3.63) is 13.2 Å². The maximum absolute atomic E-state index is 11.8. The fourth-order valence-electron chi connectivity index (χ4n) is 2.41. The second-order valence-electron chi connectivity index (χ2n) is 7.70. The van der Waals surface area contributed by atoms with Crippen LogP contribution in [0.4, 0.5) is 0 Å². The highest BCUT2D eigenvalue weighted by molar-refractivity contribution is 7.84. The number of likely N-dealkylation sites (tertiary alicyclic amines) is 1. The number of nitrogens with two attached hydrogens (primary N) is 1. The van der Waals surface area contributed by atoms with Crippen LogP contribution in [0, 0.1) is 44.5 Å². The molecule has 0 spiro atoms. The van der Waals surface area contributed by atoms with E-state index >= 15 is 0 Å². The van der Waals surface area contributed by atoms with Crippen LogP contribution in [0.25, 0.3) is 0 Å². The zero-order valence-corrected chi connectivity index (χ0v) is 22.3. The number of hydrogen-bond donors (Lipinski definition) is 3. The van der Waals surface area contributed by atoms with Crippen LogP contribution < -0.4 is 15.8 Å². The van der Waals surface area contributed by atoms with Gasteiger partial charge in [0.1, 0.15) is 17.0 Å². The maximum atomic E-state index is 11.8. The van der Waals surface area contributed by atoms with E-state index in [9.17, 15) is 18.6 Å². The Morgan fingerprint density at radius 1 is 1.03 bits per heavy atom. The number of nitrogens with zero attached hydrogens (tertiary/aromatic N) is 1. The Hall–Kier alpha value is -3.06. The molecule has 4 N–H and O–H groups in total. The SMILES string of the molecule is C#C.C#C.C#C.C=C.CC(C)C.NCC(=O)N1CCC[C@H]1C(=O)NC1CC1.O=CNS(=O)C1CC1. The predicted molar refractivity (Wildman–Crippen MR) is 147 cm³/mol. The normalized spacial score (nSPS) is 17.2. The molecule has 3 fully saturated rings. The quantitative estimate of drug-likeness (QED) is 0.288. The van der Waals surface area contributed by atoms with Gasteiger partial charge < -0.3 is 16.0 Å². The maximum Gasteiger partial charge on any atom is 0.243 e. The van der Waals surface area contributed by atoms with Gasteiger partial charge in [0.2, 0.25) is 18.2 Å². The van der Waals surface area contributed by atoms with Gasteiger partial charge in [-0.05, 0) is 44.4 Å². The molecule has 198 valence electrons. The molecule has 3 rings (SSSR count). The summed E-state index contributed by atoms with van der Waals surface area (Å²) in [5.41, 5.74) is 5.30. The first kappa shape index (κ1) is 39.2. The molecule has 2 saturated carbocycles. The van der Waals surface area contributed by atoms with Gasteiger partial charge in [-0.3, -0.25) is 19.1 Å². The molecule has 3 aliphatic rings. The van der Waals surface area contributed by atoms with Gasteiger partial charge in [-0.25, -0.2) is 4.21 Å². The van der Waals surface area contributed by atoms with E-state index in [0.29, 0.717) is 19.0 Å². The van der Waals surface area contributed by atoms with E-state index in [1.54, 1.807) is 4.90 Å². The monoisotopic (exact) mass is 508 g/mol. The summed E-state index contributed by atoms with van der Waals surface area (Å²) in [6, 6.07) is 0.0783. The second kappa shape index (κ2) is 27.2. The molecule has 9 heteroatoms. The van der Waals surface area contributed by atoms with Gasteiger partial charge in [-0.1, -0.05) is 20.8 Å². The predicted octanol–water partition coefficient (Wildman–Crippen LogP) is 1.99. The highest BCUT2D eigenvalue weighted by Crippen LogP contribution is 2.24. The number of carbonyl (C=O) groups is 3. The molecule has 1 heterocycles. The van der Waals surface area contributed by atoms with Crippen molar-refractivity contribution in [1.82, 2.24) is 14.9 Å². The van der Waals surface area contributed by atoms with E-state index in [1.165, 1.54) is 0 Å².